The number of hydrogen-bond acceptors (Lipinski definition) is 6. The molecule has 2 aromatic carbocycles. The van der Waals surface area contributed by atoms with E-state index in [9.17, 15) is 15.0 Å². The van der Waals surface area contributed by atoms with Crippen LogP contribution >= 0.6 is 0 Å². The Labute approximate surface area is 134 Å². The van der Waals surface area contributed by atoms with Gasteiger partial charge in [0, 0.05) is 23.6 Å². The van der Waals surface area contributed by atoms with E-state index in [1.165, 1.54) is 26.4 Å². The van der Waals surface area contributed by atoms with Crippen molar-refractivity contribution in [3.8, 4) is 23.0 Å². The molecule has 0 saturated carbocycles. The number of methoxy groups -OCH3 is 2. The van der Waals surface area contributed by atoms with Crippen LogP contribution in [0.4, 0.5) is 0 Å². The van der Waals surface area contributed by atoms with Gasteiger partial charge in [-0.2, -0.15) is 0 Å². The number of aromatic amines is 1. The Bertz CT molecular complexity index is 1170. The summed E-state index contributed by atoms with van der Waals surface area (Å²) < 4.78 is 16.4. The van der Waals surface area contributed by atoms with Crippen LogP contribution in [-0.2, 0) is 0 Å². The molecule has 0 atom stereocenters. The number of phenolic OH excluding ortho intramolecular Hbond substituents is 2. The molecule has 7 heteroatoms. The molecule has 122 valence electrons. The van der Waals surface area contributed by atoms with E-state index in [0.717, 1.165) is 0 Å². The average Bonchev–Trinajstić information content (AvgIpc) is 2.92. The molecule has 3 N–H and O–H groups in total. The van der Waals surface area contributed by atoms with Crippen LogP contribution < -0.4 is 15.0 Å². The first-order chi connectivity index (χ1) is 11.5. The maximum absolute atomic E-state index is 12.5. The van der Waals surface area contributed by atoms with Gasteiger partial charge in [-0.1, -0.05) is 0 Å². The molecular formula is C17H13NO6. The monoisotopic (exact) mass is 327 g/mol. The quantitative estimate of drug-likeness (QED) is 0.489. The third kappa shape index (κ3) is 1.81. The largest absolute Gasteiger partial charge is 0.504 e. The maximum atomic E-state index is 12.5. The van der Waals surface area contributed by atoms with Crippen LogP contribution in [0.15, 0.2) is 33.5 Å². The molecular weight excluding hydrogens is 314 g/mol. The molecule has 0 spiro atoms. The predicted octanol–water partition coefficient (Wildman–Crippen LogP) is 2.86. The van der Waals surface area contributed by atoms with E-state index in [-0.39, 0.29) is 28.0 Å². The number of rotatable bonds is 2. The smallest absolute Gasteiger partial charge is 0.260 e. The zero-order valence-corrected chi connectivity index (χ0v) is 12.8. The Balaban J connectivity index is 2.28. The van der Waals surface area contributed by atoms with Crippen molar-refractivity contribution < 1.29 is 24.1 Å². The van der Waals surface area contributed by atoms with Crippen LogP contribution in [-0.4, -0.2) is 29.4 Å². The van der Waals surface area contributed by atoms with Gasteiger partial charge in [-0.15, -0.1) is 0 Å². The van der Waals surface area contributed by atoms with Gasteiger partial charge in [-0.25, -0.2) is 0 Å². The molecule has 4 rings (SSSR count). The molecule has 4 aromatic rings. The highest BCUT2D eigenvalue weighted by atomic mass is 16.5. The summed E-state index contributed by atoms with van der Waals surface area (Å²) in [6, 6.07) is 5.92. The van der Waals surface area contributed by atoms with Gasteiger partial charge in [0.15, 0.2) is 17.1 Å². The number of pyridine rings is 1. The van der Waals surface area contributed by atoms with Crippen LogP contribution in [0.3, 0.4) is 0 Å². The Kier molecular flexibility index (Phi) is 2.86. The van der Waals surface area contributed by atoms with Crippen molar-refractivity contribution in [2.75, 3.05) is 14.2 Å². The Hall–Kier alpha value is -3.35. The van der Waals surface area contributed by atoms with Crippen LogP contribution in [0.25, 0.3) is 32.8 Å². The molecule has 0 saturated heterocycles. The van der Waals surface area contributed by atoms with Gasteiger partial charge >= 0.3 is 0 Å². The third-order valence-corrected chi connectivity index (χ3v) is 4.02. The molecule has 2 aromatic heterocycles. The summed E-state index contributed by atoms with van der Waals surface area (Å²) in [6.07, 6.45) is 0. The highest BCUT2D eigenvalue weighted by Crippen LogP contribution is 2.40. The second kappa shape index (κ2) is 4.82. The molecule has 0 aliphatic heterocycles. The fourth-order valence-corrected chi connectivity index (χ4v) is 2.91. The van der Waals surface area contributed by atoms with Crippen molar-refractivity contribution in [2.45, 2.75) is 0 Å². The topological polar surface area (TPSA) is 105 Å². The maximum Gasteiger partial charge on any atom is 0.260 e. The zero-order valence-electron chi connectivity index (χ0n) is 12.8. The summed E-state index contributed by atoms with van der Waals surface area (Å²) in [5, 5.41) is 20.6. The molecule has 24 heavy (non-hydrogen) atoms. The van der Waals surface area contributed by atoms with Gasteiger partial charge in [0.05, 0.1) is 30.5 Å². The van der Waals surface area contributed by atoms with Gasteiger partial charge in [-0.05, 0) is 6.07 Å². The number of furan rings is 1. The standard InChI is InChI=1S/C17H13NO6/c1-22-7-3-9-15(13(4-7)23-2)16-14(17(21)18-9)8-5-10(19)11(20)6-12(8)24-16/h3-6,19-20H,1-2H3,(H,18,21). The minimum Gasteiger partial charge on any atom is -0.504 e. The van der Waals surface area contributed by atoms with E-state index >= 15 is 0 Å². The fraction of sp³-hybridized carbons (Fsp3) is 0.118. The van der Waals surface area contributed by atoms with Crippen molar-refractivity contribution in [1.82, 2.24) is 4.98 Å². The van der Waals surface area contributed by atoms with Crippen LogP contribution in [0.5, 0.6) is 23.0 Å². The lowest BCUT2D eigenvalue weighted by Gasteiger charge is -2.08. The number of ether oxygens (including phenoxy) is 2. The van der Waals surface area contributed by atoms with Gasteiger partial charge in [0.1, 0.15) is 17.1 Å². The van der Waals surface area contributed by atoms with Crippen molar-refractivity contribution >= 4 is 32.8 Å². The zero-order chi connectivity index (χ0) is 17.0. The van der Waals surface area contributed by atoms with Crippen molar-refractivity contribution in [1.29, 1.82) is 0 Å². The summed E-state index contributed by atoms with van der Waals surface area (Å²) >= 11 is 0. The number of nitrogens with one attached hydrogen (secondary N) is 1. The van der Waals surface area contributed by atoms with Gasteiger partial charge in [0.2, 0.25) is 0 Å². The lowest BCUT2D eigenvalue weighted by atomic mass is 10.1. The first-order valence-electron chi connectivity index (χ1n) is 7.09. The first kappa shape index (κ1) is 14.3. The summed E-state index contributed by atoms with van der Waals surface area (Å²) in [5.41, 5.74) is 0.720. The van der Waals surface area contributed by atoms with Crippen molar-refractivity contribution in [3.63, 3.8) is 0 Å². The second-order valence-corrected chi connectivity index (χ2v) is 5.35. The normalized spacial score (nSPS) is 11.4. The fourth-order valence-electron chi connectivity index (χ4n) is 2.91. The van der Waals surface area contributed by atoms with Gasteiger partial charge < -0.3 is 29.1 Å². The predicted molar refractivity (Wildman–Crippen MR) is 88.3 cm³/mol. The van der Waals surface area contributed by atoms with Crippen molar-refractivity contribution in [2.24, 2.45) is 0 Å². The van der Waals surface area contributed by atoms with Crippen LogP contribution in [0.1, 0.15) is 0 Å². The van der Waals surface area contributed by atoms with E-state index in [0.29, 0.717) is 33.4 Å². The van der Waals surface area contributed by atoms with Gasteiger partial charge in [-0.3, -0.25) is 4.79 Å². The molecule has 0 fully saturated rings. The third-order valence-electron chi connectivity index (χ3n) is 4.02. The number of H-pyrrole nitrogens is 1. The molecule has 0 aliphatic carbocycles. The molecule has 0 aliphatic rings. The Morgan fingerprint density at radius 2 is 1.75 bits per heavy atom. The molecule has 0 radical (unpaired) electrons. The number of phenols is 2. The summed E-state index contributed by atoms with van der Waals surface area (Å²) in [5.74, 6) is 0.348. The highest BCUT2D eigenvalue weighted by molar-refractivity contribution is 6.15. The molecule has 0 bridgehead atoms. The van der Waals surface area contributed by atoms with E-state index < -0.39 is 0 Å². The molecule has 2 heterocycles. The van der Waals surface area contributed by atoms with Crippen molar-refractivity contribution in [3.05, 3.63) is 34.6 Å². The van der Waals surface area contributed by atoms with E-state index in [1.54, 1.807) is 12.1 Å². The summed E-state index contributed by atoms with van der Waals surface area (Å²) in [4.78, 5) is 15.3. The molecule has 0 amide bonds. The van der Waals surface area contributed by atoms with Crippen LogP contribution in [0, 0.1) is 0 Å². The lowest BCUT2D eigenvalue weighted by Crippen LogP contribution is -2.06. The van der Waals surface area contributed by atoms with Crippen LogP contribution in [0.2, 0.25) is 0 Å². The average molecular weight is 327 g/mol. The van der Waals surface area contributed by atoms with E-state index in [4.69, 9.17) is 13.9 Å². The minimum absolute atomic E-state index is 0.274. The van der Waals surface area contributed by atoms with E-state index in [1.807, 2.05) is 0 Å². The SMILES string of the molecule is COc1cc(OC)c2c(c1)[nH]c(=O)c1c3cc(O)c(O)cc3oc21. The second-order valence-electron chi connectivity index (χ2n) is 5.35. The Morgan fingerprint density at radius 1 is 1.00 bits per heavy atom. The number of aromatic nitrogens is 1. The van der Waals surface area contributed by atoms with E-state index in [2.05, 4.69) is 4.98 Å². The minimum atomic E-state index is -0.378. The Morgan fingerprint density at radius 3 is 2.46 bits per heavy atom. The number of benzene rings is 2. The molecule has 0 unspecified atom stereocenters. The number of aromatic hydroxyl groups is 2. The van der Waals surface area contributed by atoms with Gasteiger partial charge in [0.25, 0.3) is 5.56 Å². The lowest BCUT2D eigenvalue weighted by molar-refractivity contribution is 0.397. The highest BCUT2D eigenvalue weighted by Gasteiger charge is 2.19. The summed E-state index contributed by atoms with van der Waals surface area (Å²) in [6.45, 7) is 0. The first-order valence-corrected chi connectivity index (χ1v) is 7.09. The number of fused-ring (bicyclic) bond motifs is 5. The summed E-state index contributed by atoms with van der Waals surface area (Å²) in [7, 11) is 3.02. The number of hydrogen-bond donors (Lipinski definition) is 3. The molecule has 7 nitrogen and oxygen atoms in total.